The summed E-state index contributed by atoms with van der Waals surface area (Å²) < 4.78 is 0. The minimum Gasteiger partial charge on any atom is -0.393 e. The molecule has 35 heavy (non-hydrogen) atoms. The van der Waals surface area contributed by atoms with Gasteiger partial charge in [-0.3, -0.25) is 0 Å². The second kappa shape index (κ2) is 7.68. The fraction of sp³-hybridized carbons (Fsp3) is 1.00. The molecule has 202 valence electrons. The van der Waals surface area contributed by atoms with E-state index in [9.17, 15) is 25.5 Å². The molecule has 12 atom stereocenters. The molecule has 3 unspecified atom stereocenters. The first-order chi connectivity index (χ1) is 16.0. The van der Waals surface area contributed by atoms with Crippen molar-refractivity contribution in [1.29, 1.82) is 0 Å². The third-order valence-corrected chi connectivity index (χ3v) is 13.4. The maximum Gasteiger partial charge on any atom is 0.0849 e. The Bertz CT molecular complexity index is 850. The molecule has 0 aromatic carbocycles. The van der Waals surface area contributed by atoms with Crippen LogP contribution < -0.4 is 0 Å². The average molecular weight is 493 g/mol. The zero-order valence-corrected chi connectivity index (χ0v) is 23.2. The largest absolute Gasteiger partial charge is 0.393 e. The van der Waals surface area contributed by atoms with Crippen LogP contribution in [0.15, 0.2) is 0 Å². The van der Waals surface area contributed by atoms with Crippen molar-refractivity contribution in [2.45, 2.75) is 136 Å². The van der Waals surface area contributed by atoms with Gasteiger partial charge < -0.3 is 25.5 Å². The van der Waals surface area contributed by atoms with Crippen molar-refractivity contribution in [3.05, 3.63) is 0 Å². The van der Waals surface area contributed by atoms with E-state index in [1.54, 1.807) is 13.8 Å². The number of hydrogen-bond donors (Lipinski definition) is 5. The topological polar surface area (TPSA) is 101 Å². The molecule has 0 heterocycles. The Kier molecular flexibility index (Phi) is 5.80. The van der Waals surface area contributed by atoms with E-state index < -0.39 is 17.8 Å². The van der Waals surface area contributed by atoms with Crippen LogP contribution in [-0.2, 0) is 0 Å². The molecule has 5 aliphatic rings. The van der Waals surface area contributed by atoms with Crippen LogP contribution in [0, 0.1) is 50.7 Å². The summed E-state index contributed by atoms with van der Waals surface area (Å²) in [4.78, 5) is 0. The predicted octanol–water partition coefficient (Wildman–Crippen LogP) is 4.28. The molecule has 5 aliphatic carbocycles. The van der Waals surface area contributed by atoms with Gasteiger partial charge in [-0.2, -0.15) is 0 Å². The molecule has 2 spiro atoms. The fourth-order valence-electron chi connectivity index (χ4n) is 11.5. The van der Waals surface area contributed by atoms with E-state index in [4.69, 9.17) is 0 Å². The molecular weight excluding hydrogens is 440 g/mol. The summed E-state index contributed by atoms with van der Waals surface area (Å²) in [5, 5.41) is 54.7. The van der Waals surface area contributed by atoms with E-state index in [0.29, 0.717) is 12.3 Å². The Hall–Kier alpha value is -0.200. The molecule has 5 saturated carbocycles. The molecule has 0 bridgehead atoms. The molecule has 0 aromatic rings. The zero-order chi connectivity index (χ0) is 26.0. The quantitative estimate of drug-likeness (QED) is 0.394. The monoisotopic (exact) mass is 492 g/mol. The SMILES string of the molecule is C[C@H](CCC(O)C(C)(C)O)[C@H]1[C@@H](O)C[C@@]2(C)[C@@H]3C[C@H](O)C4C(C)(C)[C@@H](O)CC[C@@]45CC35CC[C@]12C. The van der Waals surface area contributed by atoms with E-state index >= 15 is 0 Å². The molecule has 0 aliphatic heterocycles. The number of fused-ring (bicyclic) bond motifs is 2. The molecule has 0 radical (unpaired) electrons. The summed E-state index contributed by atoms with van der Waals surface area (Å²) >= 11 is 0. The summed E-state index contributed by atoms with van der Waals surface area (Å²) in [6, 6.07) is 0. The van der Waals surface area contributed by atoms with Crippen molar-refractivity contribution in [2.24, 2.45) is 50.7 Å². The highest BCUT2D eigenvalue weighted by molar-refractivity contribution is 5.32. The standard InChI is InChI=1S/C30H52O5/c1-17(8-9-22(34)26(4,5)35)23-19(32)15-28(7)20-14-18(31)24-25(2,3)21(33)10-11-30(24)16-29(20,30)13-12-27(23,28)6/h17-24,31-35H,8-16H2,1-7H3/t17-,18+,19+,20+,21+,22?,23+,24?,27-,28+,29?,30-/m1/s1. The van der Waals surface area contributed by atoms with E-state index in [1.165, 1.54) is 12.8 Å². The molecule has 5 heteroatoms. The Labute approximate surface area is 212 Å². The van der Waals surface area contributed by atoms with Crippen molar-refractivity contribution < 1.29 is 25.5 Å². The van der Waals surface area contributed by atoms with Crippen LogP contribution in [0.4, 0.5) is 0 Å². The van der Waals surface area contributed by atoms with Crippen LogP contribution in [0.25, 0.3) is 0 Å². The van der Waals surface area contributed by atoms with Crippen molar-refractivity contribution in [2.75, 3.05) is 0 Å². The smallest absolute Gasteiger partial charge is 0.0849 e. The number of rotatable bonds is 5. The van der Waals surface area contributed by atoms with Gasteiger partial charge >= 0.3 is 0 Å². The molecular formula is C30H52O5. The van der Waals surface area contributed by atoms with Gasteiger partial charge in [0.15, 0.2) is 0 Å². The second-order valence-corrected chi connectivity index (χ2v) is 15.6. The summed E-state index contributed by atoms with van der Waals surface area (Å²) in [6.45, 7) is 14.7. The Morgan fingerprint density at radius 3 is 2.17 bits per heavy atom. The summed E-state index contributed by atoms with van der Waals surface area (Å²) in [7, 11) is 0. The lowest BCUT2D eigenvalue weighted by molar-refractivity contribution is -0.198. The van der Waals surface area contributed by atoms with Crippen LogP contribution in [0.3, 0.4) is 0 Å². The first-order valence-corrected chi connectivity index (χ1v) is 14.4. The molecule has 0 saturated heterocycles. The van der Waals surface area contributed by atoms with E-state index in [-0.39, 0.29) is 57.0 Å². The number of aliphatic hydroxyl groups is 5. The maximum atomic E-state index is 11.6. The highest BCUT2D eigenvalue weighted by Gasteiger charge is 2.84. The normalized spacial score (nSPS) is 54.2. The molecule has 5 fully saturated rings. The van der Waals surface area contributed by atoms with Gasteiger partial charge in [0.2, 0.25) is 0 Å². The molecule has 0 amide bonds. The van der Waals surface area contributed by atoms with Crippen LogP contribution in [-0.4, -0.2) is 55.5 Å². The zero-order valence-electron chi connectivity index (χ0n) is 23.2. The van der Waals surface area contributed by atoms with Crippen LogP contribution in [0.2, 0.25) is 0 Å². The van der Waals surface area contributed by atoms with Gasteiger partial charge in [0.1, 0.15) is 0 Å². The lowest BCUT2D eigenvalue weighted by Crippen LogP contribution is -2.61. The van der Waals surface area contributed by atoms with Gasteiger partial charge in [-0.1, -0.05) is 34.6 Å². The molecule has 5 rings (SSSR count). The summed E-state index contributed by atoms with van der Waals surface area (Å²) in [5.41, 5.74) is -1.03. The minimum absolute atomic E-state index is 0.0124. The maximum absolute atomic E-state index is 11.6. The highest BCUT2D eigenvalue weighted by atomic mass is 16.3. The second-order valence-electron chi connectivity index (χ2n) is 15.6. The van der Waals surface area contributed by atoms with Crippen molar-refractivity contribution in [3.63, 3.8) is 0 Å². The van der Waals surface area contributed by atoms with Crippen LogP contribution >= 0.6 is 0 Å². The van der Waals surface area contributed by atoms with Crippen molar-refractivity contribution in [1.82, 2.24) is 0 Å². The summed E-state index contributed by atoms with van der Waals surface area (Å²) in [6.07, 6.45) is 6.35. The molecule has 0 aromatic heterocycles. The first-order valence-electron chi connectivity index (χ1n) is 14.4. The average Bonchev–Trinajstić information content (AvgIpc) is 3.32. The lowest BCUT2D eigenvalue weighted by Gasteiger charge is -2.64. The number of hydrogen-bond acceptors (Lipinski definition) is 5. The van der Waals surface area contributed by atoms with Crippen LogP contribution in [0.5, 0.6) is 0 Å². The van der Waals surface area contributed by atoms with Gasteiger partial charge in [0, 0.05) is 0 Å². The lowest BCUT2D eigenvalue weighted by atomic mass is 9.41. The third kappa shape index (κ3) is 3.23. The number of aliphatic hydroxyl groups excluding tert-OH is 4. The van der Waals surface area contributed by atoms with Gasteiger partial charge in [0.25, 0.3) is 0 Å². The Balaban J connectivity index is 1.43. The van der Waals surface area contributed by atoms with Gasteiger partial charge in [0.05, 0.1) is 30.0 Å². The van der Waals surface area contributed by atoms with Crippen LogP contribution in [0.1, 0.15) is 106 Å². The van der Waals surface area contributed by atoms with E-state index in [1.807, 2.05) is 0 Å². The van der Waals surface area contributed by atoms with Gasteiger partial charge in [-0.05, 0) is 122 Å². The Morgan fingerprint density at radius 1 is 0.886 bits per heavy atom. The van der Waals surface area contributed by atoms with E-state index in [0.717, 1.165) is 38.5 Å². The molecule has 5 N–H and O–H groups in total. The molecule has 5 nitrogen and oxygen atoms in total. The fourth-order valence-corrected chi connectivity index (χ4v) is 11.5. The van der Waals surface area contributed by atoms with Crippen molar-refractivity contribution in [3.8, 4) is 0 Å². The van der Waals surface area contributed by atoms with Crippen molar-refractivity contribution >= 4 is 0 Å². The third-order valence-electron chi connectivity index (χ3n) is 13.4. The predicted molar refractivity (Wildman–Crippen MR) is 136 cm³/mol. The van der Waals surface area contributed by atoms with Gasteiger partial charge in [-0.15, -0.1) is 0 Å². The van der Waals surface area contributed by atoms with Gasteiger partial charge in [-0.25, -0.2) is 0 Å². The van der Waals surface area contributed by atoms with E-state index in [2.05, 4.69) is 34.6 Å². The highest BCUT2D eigenvalue weighted by Crippen LogP contribution is 2.89. The first kappa shape index (κ1) is 26.4. The summed E-state index contributed by atoms with van der Waals surface area (Å²) in [5.74, 6) is 0.973. The Morgan fingerprint density at radius 2 is 1.54 bits per heavy atom. The minimum atomic E-state index is -1.11.